The molecular formula is C18H16ClN3O2. The normalized spacial score (nSPS) is 10.6. The maximum atomic E-state index is 12.6. The van der Waals surface area contributed by atoms with Gasteiger partial charge in [-0.25, -0.2) is 0 Å². The Kier molecular flexibility index (Phi) is 4.91. The van der Waals surface area contributed by atoms with Crippen molar-refractivity contribution in [2.24, 2.45) is 0 Å². The minimum absolute atomic E-state index is 0.0160. The number of amides is 1. The minimum Gasteiger partial charge on any atom is -0.412 e. The van der Waals surface area contributed by atoms with E-state index in [-0.39, 0.29) is 11.8 Å². The van der Waals surface area contributed by atoms with Gasteiger partial charge in [-0.3, -0.25) is 4.79 Å². The molecule has 0 bridgehead atoms. The van der Waals surface area contributed by atoms with E-state index in [1.54, 1.807) is 29.2 Å². The smallest absolute Gasteiger partial charge is 0.311 e. The standard InChI is InChI=1S/C18H16ClN3O2/c1-2-22(12-13-6-4-3-5-7-13)18(23)17-21-20-16(24-17)14-8-10-15(19)11-9-14/h3-11H,2,12H2,1H3. The molecule has 0 N–H and O–H groups in total. The van der Waals surface area contributed by atoms with Crippen LogP contribution in [0.2, 0.25) is 5.02 Å². The predicted molar refractivity (Wildman–Crippen MR) is 91.6 cm³/mol. The molecule has 0 spiro atoms. The van der Waals surface area contributed by atoms with Gasteiger partial charge < -0.3 is 9.32 Å². The molecule has 0 radical (unpaired) electrons. The zero-order chi connectivity index (χ0) is 16.9. The molecular weight excluding hydrogens is 326 g/mol. The van der Waals surface area contributed by atoms with Crippen molar-refractivity contribution in [1.82, 2.24) is 15.1 Å². The van der Waals surface area contributed by atoms with Crippen molar-refractivity contribution in [3.63, 3.8) is 0 Å². The van der Waals surface area contributed by atoms with Crippen LogP contribution in [-0.2, 0) is 6.54 Å². The number of carbonyl (C=O) groups excluding carboxylic acids is 1. The highest BCUT2D eigenvalue weighted by Crippen LogP contribution is 2.21. The van der Waals surface area contributed by atoms with Gasteiger partial charge in [0.25, 0.3) is 0 Å². The van der Waals surface area contributed by atoms with Crippen LogP contribution < -0.4 is 0 Å². The molecule has 0 saturated heterocycles. The van der Waals surface area contributed by atoms with Gasteiger partial charge in [0.1, 0.15) is 0 Å². The highest BCUT2D eigenvalue weighted by Gasteiger charge is 2.21. The number of hydrogen-bond acceptors (Lipinski definition) is 4. The fraction of sp³-hybridized carbons (Fsp3) is 0.167. The predicted octanol–water partition coefficient (Wildman–Crippen LogP) is 4.05. The Morgan fingerprint density at radius 1 is 1.08 bits per heavy atom. The molecule has 24 heavy (non-hydrogen) atoms. The first kappa shape index (κ1) is 16.2. The molecule has 0 aliphatic heterocycles. The van der Waals surface area contributed by atoms with Gasteiger partial charge in [-0.05, 0) is 36.8 Å². The van der Waals surface area contributed by atoms with E-state index < -0.39 is 0 Å². The topological polar surface area (TPSA) is 59.2 Å². The summed E-state index contributed by atoms with van der Waals surface area (Å²) in [7, 11) is 0. The van der Waals surface area contributed by atoms with E-state index in [1.165, 1.54) is 0 Å². The summed E-state index contributed by atoms with van der Waals surface area (Å²) in [4.78, 5) is 14.2. The monoisotopic (exact) mass is 341 g/mol. The van der Waals surface area contributed by atoms with Crippen LogP contribution in [0.1, 0.15) is 23.2 Å². The summed E-state index contributed by atoms with van der Waals surface area (Å²) >= 11 is 5.86. The highest BCUT2D eigenvalue weighted by molar-refractivity contribution is 6.30. The van der Waals surface area contributed by atoms with Crippen molar-refractivity contribution < 1.29 is 9.21 Å². The van der Waals surface area contributed by atoms with E-state index in [4.69, 9.17) is 16.0 Å². The van der Waals surface area contributed by atoms with Crippen molar-refractivity contribution >= 4 is 17.5 Å². The molecule has 2 aromatic carbocycles. The van der Waals surface area contributed by atoms with Crippen molar-refractivity contribution in [3.8, 4) is 11.5 Å². The summed E-state index contributed by atoms with van der Waals surface area (Å²) in [5.41, 5.74) is 1.77. The van der Waals surface area contributed by atoms with Gasteiger partial charge in [-0.2, -0.15) is 0 Å². The Morgan fingerprint density at radius 3 is 2.46 bits per heavy atom. The lowest BCUT2D eigenvalue weighted by Crippen LogP contribution is -2.30. The van der Waals surface area contributed by atoms with Crippen LogP contribution in [0.25, 0.3) is 11.5 Å². The van der Waals surface area contributed by atoms with E-state index in [0.717, 1.165) is 11.1 Å². The fourth-order valence-electron chi connectivity index (χ4n) is 2.29. The first-order chi connectivity index (χ1) is 11.7. The fourth-order valence-corrected chi connectivity index (χ4v) is 2.41. The maximum absolute atomic E-state index is 12.6. The van der Waals surface area contributed by atoms with E-state index in [1.807, 2.05) is 37.3 Å². The number of hydrogen-bond donors (Lipinski definition) is 0. The molecule has 0 unspecified atom stereocenters. The van der Waals surface area contributed by atoms with Gasteiger partial charge in [0.2, 0.25) is 5.89 Å². The molecule has 1 heterocycles. The number of nitrogens with zero attached hydrogens (tertiary/aromatic N) is 3. The molecule has 5 nitrogen and oxygen atoms in total. The molecule has 122 valence electrons. The Balaban J connectivity index is 1.77. The van der Waals surface area contributed by atoms with Crippen molar-refractivity contribution in [1.29, 1.82) is 0 Å². The van der Waals surface area contributed by atoms with Crippen LogP contribution in [-0.4, -0.2) is 27.5 Å². The third-order valence-corrected chi connectivity index (χ3v) is 3.84. The van der Waals surface area contributed by atoms with Crippen LogP contribution in [0.3, 0.4) is 0 Å². The summed E-state index contributed by atoms with van der Waals surface area (Å²) in [6, 6.07) is 16.8. The Labute approximate surface area is 144 Å². The third kappa shape index (κ3) is 3.63. The van der Waals surface area contributed by atoms with Crippen LogP contribution in [0.15, 0.2) is 59.0 Å². The van der Waals surface area contributed by atoms with Gasteiger partial charge in [-0.15, -0.1) is 10.2 Å². The van der Waals surface area contributed by atoms with E-state index in [2.05, 4.69) is 10.2 Å². The number of aromatic nitrogens is 2. The second-order valence-corrected chi connectivity index (χ2v) is 5.66. The average molecular weight is 342 g/mol. The second kappa shape index (κ2) is 7.27. The van der Waals surface area contributed by atoms with Gasteiger partial charge in [0.15, 0.2) is 0 Å². The molecule has 3 aromatic rings. The molecule has 3 rings (SSSR count). The van der Waals surface area contributed by atoms with Crippen molar-refractivity contribution in [2.75, 3.05) is 6.54 Å². The number of benzene rings is 2. The molecule has 0 aliphatic rings. The van der Waals surface area contributed by atoms with Crippen LogP contribution in [0.4, 0.5) is 0 Å². The molecule has 1 aromatic heterocycles. The lowest BCUT2D eigenvalue weighted by Gasteiger charge is -2.18. The van der Waals surface area contributed by atoms with Gasteiger partial charge in [-0.1, -0.05) is 41.9 Å². The summed E-state index contributed by atoms with van der Waals surface area (Å²) < 4.78 is 5.54. The number of halogens is 1. The van der Waals surface area contributed by atoms with Crippen molar-refractivity contribution in [3.05, 3.63) is 71.1 Å². The van der Waals surface area contributed by atoms with Gasteiger partial charge in [0.05, 0.1) is 0 Å². The molecule has 0 fully saturated rings. The summed E-state index contributed by atoms with van der Waals surface area (Å²) in [5, 5.41) is 8.46. The highest BCUT2D eigenvalue weighted by atomic mass is 35.5. The molecule has 0 atom stereocenters. The first-order valence-electron chi connectivity index (χ1n) is 7.60. The zero-order valence-corrected chi connectivity index (χ0v) is 13.9. The molecule has 0 aliphatic carbocycles. The SMILES string of the molecule is CCN(Cc1ccccc1)C(=O)c1nnc(-c2ccc(Cl)cc2)o1. The number of carbonyl (C=O) groups is 1. The lowest BCUT2D eigenvalue weighted by atomic mass is 10.2. The van der Waals surface area contributed by atoms with E-state index >= 15 is 0 Å². The van der Waals surface area contributed by atoms with Crippen LogP contribution in [0, 0.1) is 0 Å². The average Bonchev–Trinajstić information content (AvgIpc) is 3.10. The minimum atomic E-state index is -0.283. The second-order valence-electron chi connectivity index (χ2n) is 5.22. The Hall–Kier alpha value is -2.66. The van der Waals surface area contributed by atoms with Crippen LogP contribution >= 0.6 is 11.6 Å². The largest absolute Gasteiger partial charge is 0.412 e. The number of rotatable bonds is 5. The lowest BCUT2D eigenvalue weighted by molar-refractivity contribution is 0.0713. The van der Waals surface area contributed by atoms with Crippen molar-refractivity contribution in [2.45, 2.75) is 13.5 Å². The summed E-state index contributed by atoms with van der Waals surface area (Å²) in [6.45, 7) is 2.96. The Morgan fingerprint density at radius 2 is 1.79 bits per heavy atom. The Bertz CT molecular complexity index is 816. The van der Waals surface area contributed by atoms with Gasteiger partial charge in [0, 0.05) is 23.7 Å². The molecule has 1 amide bonds. The van der Waals surface area contributed by atoms with E-state index in [0.29, 0.717) is 24.0 Å². The molecule has 0 saturated carbocycles. The van der Waals surface area contributed by atoms with Crippen LogP contribution in [0.5, 0.6) is 0 Å². The quantitative estimate of drug-likeness (QED) is 0.702. The third-order valence-electron chi connectivity index (χ3n) is 3.58. The zero-order valence-electron chi connectivity index (χ0n) is 13.1. The summed E-state index contributed by atoms with van der Waals surface area (Å²) in [5.74, 6) is -0.00224. The first-order valence-corrected chi connectivity index (χ1v) is 7.98. The van der Waals surface area contributed by atoms with Gasteiger partial charge >= 0.3 is 11.8 Å². The molecule has 6 heteroatoms. The summed E-state index contributed by atoms with van der Waals surface area (Å²) in [6.07, 6.45) is 0. The van der Waals surface area contributed by atoms with E-state index in [9.17, 15) is 4.79 Å². The maximum Gasteiger partial charge on any atom is 0.311 e.